The van der Waals surface area contributed by atoms with Crippen LogP contribution in [0.4, 0.5) is 0 Å². The lowest BCUT2D eigenvalue weighted by Crippen LogP contribution is -2.40. The third kappa shape index (κ3) is 32.0. The number of allylic oxidation sites excluding steroid dienone is 2. The first kappa shape index (κ1) is 38.0. The number of hydrogen-bond acceptors (Lipinski definition) is 3. The Morgan fingerprint density at radius 3 is 1.52 bits per heavy atom. The van der Waals surface area contributed by atoms with Crippen molar-refractivity contribution in [1.82, 2.24) is 11.5 Å². The Morgan fingerprint density at radius 1 is 0.710 bits per heavy atom. The largest absolute Gasteiger partial charge is 0.344 e. The highest BCUT2D eigenvalue weighted by atomic mass is 35.5. The van der Waals surface area contributed by atoms with Crippen molar-refractivity contribution in [2.75, 3.05) is 0 Å². The van der Waals surface area contributed by atoms with Gasteiger partial charge in [-0.05, 0) is 38.5 Å². The van der Waals surface area contributed by atoms with E-state index in [0.717, 1.165) is 19.3 Å². The van der Waals surface area contributed by atoms with E-state index < -0.39 is 0 Å². The van der Waals surface area contributed by atoms with Crippen LogP contribution in [0.2, 0.25) is 0 Å². The molecule has 0 aromatic rings. The van der Waals surface area contributed by atoms with Gasteiger partial charge in [-0.2, -0.15) is 0 Å². The number of carbonyl (C=O) groups is 1. The van der Waals surface area contributed by atoms with Gasteiger partial charge >= 0.3 is 0 Å². The van der Waals surface area contributed by atoms with Crippen molar-refractivity contribution in [1.29, 1.82) is 0 Å². The number of hydrogen-bond donors (Lipinski definition) is 3. The second-order valence-electron chi connectivity index (χ2n) is 8.33. The maximum absolute atomic E-state index is 11.6. The Bertz CT molecular complexity index is 369. The summed E-state index contributed by atoms with van der Waals surface area (Å²) in [7, 11) is 0. The van der Waals surface area contributed by atoms with Crippen LogP contribution in [0.25, 0.3) is 0 Å². The summed E-state index contributed by atoms with van der Waals surface area (Å²) in [5.41, 5.74) is 5.71. The zero-order chi connectivity index (χ0) is 20.7. The second-order valence-corrected chi connectivity index (χ2v) is 8.33. The van der Waals surface area contributed by atoms with Crippen LogP contribution in [0.5, 0.6) is 0 Å². The van der Waals surface area contributed by atoms with E-state index in [2.05, 4.69) is 24.4 Å². The van der Waals surface area contributed by atoms with E-state index >= 15 is 0 Å². The van der Waals surface area contributed by atoms with Crippen molar-refractivity contribution in [2.45, 2.75) is 142 Å². The fraction of sp³-hybridized carbons (Fsp3) is 0.880. The molecule has 0 aliphatic carbocycles. The Balaban J connectivity index is -0.00000121. The smallest absolute Gasteiger partial charge is 0.221 e. The molecule has 6 heteroatoms. The first-order valence-corrected chi connectivity index (χ1v) is 12.4. The summed E-state index contributed by atoms with van der Waals surface area (Å²) >= 11 is 0. The summed E-state index contributed by atoms with van der Waals surface area (Å²) in [6.07, 6.45) is 28.5. The molecule has 0 radical (unpaired) electrons. The SMILES string of the molecule is CCCCCCCCC=CCCCCCCCCCCCC(=O)NC(N)CC.Cl.Cl.N. The van der Waals surface area contributed by atoms with E-state index in [1.165, 1.54) is 96.3 Å². The van der Waals surface area contributed by atoms with Gasteiger partial charge in [-0.25, -0.2) is 0 Å². The van der Waals surface area contributed by atoms with Crippen molar-refractivity contribution in [3.8, 4) is 0 Å². The fourth-order valence-corrected chi connectivity index (χ4v) is 3.44. The standard InChI is InChI=1S/C25H50N2O.2ClH.H3N/c1-3-5-6-7-8-9-10-11-12-13-14-15-16-17-18-19-20-21-22-23-25(28)27-24(26)4-2;;;/h11-12,24H,3-10,13-23,26H2,1-2H3,(H,27,28);2*1H;1H3. The molecule has 0 saturated carbocycles. The van der Waals surface area contributed by atoms with Crippen molar-refractivity contribution in [3.63, 3.8) is 0 Å². The molecule has 1 atom stereocenters. The third-order valence-electron chi connectivity index (χ3n) is 5.45. The molecule has 0 aliphatic rings. The van der Waals surface area contributed by atoms with Gasteiger partial charge in [0, 0.05) is 6.42 Å². The lowest BCUT2D eigenvalue weighted by atomic mass is 10.1. The van der Waals surface area contributed by atoms with Gasteiger partial charge in [0.1, 0.15) is 0 Å². The molecule has 0 aromatic carbocycles. The van der Waals surface area contributed by atoms with Crippen LogP contribution in [0.3, 0.4) is 0 Å². The van der Waals surface area contributed by atoms with E-state index in [0.29, 0.717) is 6.42 Å². The van der Waals surface area contributed by atoms with E-state index in [1.807, 2.05) is 6.92 Å². The maximum Gasteiger partial charge on any atom is 0.221 e. The molecule has 0 fully saturated rings. The van der Waals surface area contributed by atoms with E-state index in [4.69, 9.17) is 5.73 Å². The molecule has 0 rings (SSSR count). The molecule has 1 unspecified atom stereocenters. The molecule has 0 heterocycles. The molecule has 31 heavy (non-hydrogen) atoms. The third-order valence-corrected chi connectivity index (χ3v) is 5.45. The fourth-order valence-electron chi connectivity index (χ4n) is 3.44. The lowest BCUT2D eigenvalue weighted by Gasteiger charge is -2.10. The highest BCUT2D eigenvalue weighted by Gasteiger charge is 2.04. The van der Waals surface area contributed by atoms with E-state index in [9.17, 15) is 4.79 Å². The molecule has 0 aliphatic heterocycles. The van der Waals surface area contributed by atoms with E-state index in [1.54, 1.807) is 0 Å². The Labute approximate surface area is 206 Å². The van der Waals surface area contributed by atoms with Crippen molar-refractivity contribution < 1.29 is 4.79 Å². The van der Waals surface area contributed by atoms with Crippen molar-refractivity contribution in [3.05, 3.63) is 12.2 Å². The molecule has 0 spiro atoms. The van der Waals surface area contributed by atoms with Gasteiger partial charge in [-0.1, -0.05) is 103 Å². The summed E-state index contributed by atoms with van der Waals surface area (Å²) in [4.78, 5) is 11.6. The number of unbranched alkanes of at least 4 members (excludes halogenated alkanes) is 15. The summed E-state index contributed by atoms with van der Waals surface area (Å²) < 4.78 is 0. The molecule has 190 valence electrons. The van der Waals surface area contributed by atoms with Gasteiger partial charge in [0.2, 0.25) is 5.91 Å². The predicted octanol–water partition coefficient (Wildman–Crippen LogP) is 8.40. The molecule has 4 nitrogen and oxygen atoms in total. The summed E-state index contributed by atoms with van der Waals surface area (Å²) in [6, 6.07) is 0. The number of halogens is 2. The number of amides is 1. The Morgan fingerprint density at radius 2 is 1.10 bits per heavy atom. The summed E-state index contributed by atoms with van der Waals surface area (Å²) in [6.45, 7) is 4.26. The Kier molecular flexibility index (Phi) is 39.1. The first-order valence-electron chi connectivity index (χ1n) is 12.4. The quantitative estimate of drug-likeness (QED) is 0.0868. The van der Waals surface area contributed by atoms with Crippen LogP contribution in [0, 0.1) is 0 Å². The monoisotopic (exact) mass is 483 g/mol. The van der Waals surface area contributed by atoms with Gasteiger partial charge in [0.05, 0.1) is 6.17 Å². The molecule has 0 saturated heterocycles. The Hall–Kier alpha value is -0.290. The zero-order valence-corrected chi connectivity index (χ0v) is 22.3. The van der Waals surface area contributed by atoms with Crippen LogP contribution >= 0.6 is 24.8 Å². The zero-order valence-electron chi connectivity index (χ0n) is 20.7. The predicted molar refractivity (Wildman–Crippen MR) is 144 cm³/mol. The molecule has 6 N–H and O–H groups in total. The number of nitrogens with two attached hydrogens (primary N) is 1. The first-order chi connectivity index (χ1) is 13.7. The lowest BCUT2D eigenvalue weighted by molar-refractivity contribution is -0.121. The summed E-state index contributed by atoms with van der Waals surface area (Å²) in [5.74, 6) is 0.107. The average molecular weight is 485 g/mol. The summed E-state index contributed by atoms with van der Waals surface area (Å²) in [5, 5.41) is 2.82. The van der Waals surface area contributed by atoms with Gasteiger partial charge in [0.25, 0.3) is 0 Å². The molecule has 0 bridgehead atoms. The minimum Gasteiger partial charge on any atom is -0.344 e. The molecule has 1 amide bonds. The maximum atomic E-state index is 11.6. The topological polar surface area (TPSA) is 90.1 Å². The van der Waals surface area contributed by atoms with Crippen LogP contribution in [0.15, 0.2) is 12.2 Å². The highest BCUT2D eigenvalue weighted by Crippen LogP contribution is 2.12. The minimum atomic E-state index is -0.177. The molecular formula is C25H55Cl2N3O. The van der Waals surface area contributed by atoms with Gasteiger partial charge < -0.3 is 17.2 Å². The van der Waals surface area contributed by atoms with Crippen LogP contribution < -0.4 is 17.2 Å². The number of rotatable bonds is 21. The number of carbonyl (C=O) groups excluding carboxylic acids is 1. The van der Waals surface area contributed by atoms with Gasteiger partial charge in [0.15, 0.2) is 0 Å². The normalized spacial score (nSPS) is 11.3. The average Bonchev–Trinajstić information content (AvgIpc) is 2.69. The second kappa shape index (κ2) is 31.9. The minimum absolute atomic E-state index is 0. The van der Waals surface area contributed by atoms with Crippen molar-refractivity contribution >= 4 is 30.7 Å². The van der Waals surface area contributed by atoms with Crippen LogP contribution in [-0.2, 0) is 4.79 Å². The van der Waals surface area contributed by atoms with E-state index in [-0.39, 0.29) is 43.0 Å². The van der Waals surface area contributed by atoms with Gasteiger partial charge in [-0.3, -0.25) is 4.79 Å². The van der Waals surface area contributed by atoms with Gasteiger partial charge in [-0.15, -0.1) is 24.8 Å². The number of nitrogens with one attached hydrogen (secondary N) is 1. The molecular weight excluding hydrogens is 429 g/mol. The van der Waals surface area contributed by atoms with Crippen molar-refractivity contribution in [2.24, 2.45) is 5.73 Å². The molecule has 0 aromatic heterocycles. The van der Waals surface area contributed by atoms with Crippen LogP contribution in [0.1, 0.15) is 136 Å². The highest BCUT2D eigenvalue weighted by molar-refractivity contribution is 5.85. The van der Waals surface area contributed by atoms with Crippen LogP contribution in [-0.4, -0.2) is 12.1 Å².